The summed E-state index contributed by atoms with van der Waals surface area (Å²) in [5, 5.41) is 14.8. The van der Waals surface area contributed by atoms with Gasteiger partial charge in [-0.25, -0.2) is 4.79 Å². The van der Waals surface area contributed by atoms with Crippen molar-refractivity contribution in [2.24, 2.45) is 0 Å². The third kappa shape index (κ3) is 6.26. The molecule has 126 valence electrons. The van der Waals surface area contributed by atoms with Crippen LogP contribution in [0.25, 0.3) is 6.08 Å². The molecule has 1 atom stereocenters. The fourth-order valence-corrected chi connectivity index (χ4v) is 2.42. The zero-order chi connectivity index (χ0) is 17.0. The Hall–Kier alpha value is -2.59. The Morgan fingerprint density at radius 1 is 1.04 bits per heavy atom. The maximum Gasteiger partial charge on any atom is 0.315 e. The Balaban J connectivity index is 1.83. The highest BCUT2D eigenvalue weighted by atomic mass is 16.3. The van der Waals surface area contributed by atoms with Gasteiger partial charge < -0.3 is 15.7 Å². The second kappa shape index (κ2) is 10.2. The van der Waals surface area contributed by atoms with Crippen LogP contribution in [-0.4, -0.2) is 24.3 Å². The molecule has 0 spiro atoms. The van der Waals surface area contributed by atoms with Crippen molar-refractivity contribution >= 4 is 12.1 Å². The molecule has 0 aliphatic carbocycles. The Bertz CT molecular complexity index is 627. The van der Waals surface area contributed by atoms with Gasteiger partial charge in [-0.15, -0.1) is 0 Å². The number of hydrogen-bond donors (Lipinski definition) is 3. The summed E-state index contributed by atoms with van der Waals surface area (Å²) in [5.41, 5.74) is 2.14. The number of aliphatic hydroxyl groups excluding tert-OH is 1. The largest absolute Gasteiger partial charge is 0.396 e. The average Bonchev–Trinajstić information content (AvgIpc) is 2.64. The lowest BCUT2D eigenvalue weighted by atomic mass is 10.0. The van der Waals surface area contributed by atoms with E-state index in [1.165, 1.54) is 0 Å². The van der Waals surface area contributed by atoms with Crippen LogP contribution in [0.15, 0.2) is 66.7 Å². The molecule has 4 heteroatoms. The van der Waals surface area contributed by atoms with Gasteiger partial charge in [0.15, 0.2) is 0 Å². The molecule has 1 unspecified atom stereocenters. The number of aliphatic hydroxyl groups is 1. The molecule has 0 bridgehead atoms. The highest BCUT2D eigenvalue weighted by molar-refractivity contribution is 5.74. The molecule has 0 fully saturated rings. The summed E-state index contributed by atoms with van der Waals surface area (Å²) in [5.74, 6) is 0. The minimum atomic E-state index is -0.209. The molecular formula is C20H24N2O2. The number of amides is 2. The summed E-state index contributed by atoms with van der Waals surface area (Å²) in [4.78, 5) is 12.1. The molecule has 0 saturated heterocycles. The monoisotopic (exact) mass is 324 g/mol. The third-order valence-corrected chi connectivity index (χ3v) is 3.65. The maximum absolute atomic E-state index is 12.1. The Kier molecular flexibility index (Phi) is 7.57. The van der Waals surface area contributed by atoms with E-state index in [9.17, 15) is 4.79 Å². The van der Waals surface area contributed by atoms with Gasteiger partial charge in [0, 0.05) is 13.2 Å². The highest BCUT2D eigenvalue weighted by Gasteiger charge is 2.13. The SMILES string of the molecule is O=C(NCC=Cc1ccccc1)NC(CCCO)c1ccccc1. The van der Waals surface area contributed by atoms with Gasteiger partial charge in [0.2, 0.25) is 0 Å². The van der Waals surface area contributed by atoms with Crippen molar-refractivity contribution in [1.29, 1.82) is 0 Å². The van der Waals surface area contributed by atoms with Gasteiger partial charge in [0.25, 0.3) is 0 Å². The quantitative estimate of drug-likeness (QED) is 0.696. The lowest BCUT2D eigenvalue weighted by Crippen LogP contribution is -2.38. The van der Waals surface area contributed by atoms with E-state index in [0.29, 0.717) is 19.4 Å². The average molecular weight is 324 g/mol. The zero-order valence-corrected chi connectivity index (χ0v) is 13.7. The van der Waals surface area contributed by atoms with Crippen LogP contribution in [0, 0.1) is 0 Å². The Morgan fingerprint density at radius 3 is 2.38 bits per heavy atom. The van der Waals surface area contributed by atoms with Gasteiger partial charge in [-0.3, -0.25) is 0 Å². The van der Waals surface area contributed by atoms with Crippen LogP contribution in [0.2, 0.25) is 0 Å². The van der Waals surface area contributed by atoms with Crippen LogP contribution >= 0.6 is 0 Å². The summed E-state index contributed by atoms with van der Waals surface area (Å²) < 4.78 is 0. The van der Waals surface area contributed by atoms with E-state index in [1.807, 2.05) is 72.8 Å². The molecule has 0 saturated carbocycles. The van der Waals surface area contributed by atoms with E-state index in [-0.39, 0.29) is 18.7 Å². The fraction of sp³-hybridized carbons (Fsp3) is 0.250. The van der Waals surface area contributed by atoms with Crippen molar-refractivity contribution in [3.63, 3.8) is 0 Å². The minimum absolute atomic E-state index is 0.101. The van der Waals surface area contributed by atoms with Crippen LogP contribution in [0.3, 0.4) is 0 Å². The van der Waals surface area contributed by atoms with Gasteiger partial charge in [-0.1, -0.05) is 72.8 Å². The van der Waals surface area contributed by atoms with Crippen LogP contribution in [0.4, 0.5) is 4.79 Å². The lowest BCUT2D eigenvalue weighted by molar-refractivity contribution is 0.234. The molecule has 2 rings (SSSR count). The molecule has 3 N–H and O–H groups in total. The second-order valence-electron chi connectivity index (χ2n) is 5.50. The van der Waals surface area contributed by atoms with E-state index in [4.69, 9.17) is 5.11 Å². The van der Waals surface area contributed by atoms with Gasteiger partial charge in [-0.05, 0) is 24.0 Å². The van der Waals surface area contributed by atoms with Crippen LogP contribution in [0.1, 0.15) is 30.0 Å². The summed E-state index contributed by atoms with van der Waals surface area (Å²) in [6.07, 6.45) is 5.24. The van der Waals surface area contributed by atoms with E-state index in [1.54, 1.807) is 0 Å². The van der Waals surface area contributed by atoms with Crippen LogP contribution < -0.4 is 10.6 Å². The van der Waals surface area contributed by atoms with Gasteiger partial charge in [0.05, 0.1) is 6.04 Å². The Labute approximate surface area is 143 Å². The van der Waals surface area contributed by atoms with Crippen LogP contribution in [0.5, 0.6) is 0 Å². The smallest absolute Gasteiger partial charge is 0.315 e. The number of urea groups is 1. The van der Waals surface area contributed by atoms with Crippen molar-refractivity contribution < 1.29 is 9.90 Å². The van der Waals surface area contributed by atoms with Gasteiger partial charge >= 0.3 is 6.03 Å². The van der Waals surface area contributed by atoms with Gasteiger partial charge in [0.1, 0.15) is 0 Å². The molecule has 4 nitrogen and oxygen atoms in total. The molecule has 24 heavy (non-hydrogen) atoms. The van der Waals surface area contributed by atoms with Crippen molar-refractivity contribution in [2.45, 2.75) is 18.9 Å². The molecule has 0 aliphatic rings. The number of hydrogen-bond acceptors (Lipinski definition) is 2. The van der Waals surface area contributed by atoms with E-state index in [2.05, 4.69) is 10.6 Å². The summed E-state index contributed by atoms with van der Waals surface area (Å²) in [7, 11) is 0. The predicted molar refractivity (Wildman–Crippen MR) is 97.5 cm³/mol. The molecule has 0 aromatic heterocycles. The van der Waals surface area contributed by atoms with Crippen molar-refractivity contribution in [3.05, 3.63) is 77.9 Å². The highest BCUT2D eigenvalue weighted by Crippen LogP contribution is 2.17. The molecular weight excluding hydrogens is 300 g/mol. The van der Waals surface area contributed by atoms with Crippen molar-refractivity contribution in [3.8, 4) is 0 Å². The van der Waals surface area contributed by atoms with Gasteiger partial charge in [-0.2, -0.15) is 0 Å². The molecule has 0 heterocycles. The maximum atomic E-state index is 12.1. The third-order valence-electron chi connectivity index (χ3n) is 3.65. The number of carbonyl (C=O) groups is 1. The molecule has 2 amide bonds. The first-order chi connectivity index (χ1) is 11.8. The number of nitrogens with one attached hydrogen (secondary N) is 2. The molecule has 0 radical (unpaired) electrons. The first-order valence-corrected chi connectivity index (χ1v) is 8.21. The van der Waals surface area contributed by atoms with E-state index in [0.717, 1.165) is 11.1 Å². The van der Waals surface area contributed by atoms with E-state index >= 15 is 0 Å². The normalized spacial score (nSPS) is 12.0. The summed E-state index contributed by atoms with van der Waals surface area (Å²) >= 11 is 0. The molecule has 2 aromatic rings. The van der Waals surface area contributed by atoms with Crippen molar-refractivity contribution in [2.75, 3.05) is 13.2 Å². The predicted octanol–water partition coefficient (Wildman–Crippen LogP) is 3.51. The fourth-order valence-electron chi connectivity index (χ4n) is 2.42. The summed E-state index contributed by atoms with van der Waals surface area (Å²) in [6.45, 7) is 0.578. The first-order valence-electron chi connectivity index (χ1n) is 8.21. The first kappa shape index (κ1) is 17.8. The molecule has 2 aromatic carbocycles. The van der Waals surface area contributed by atoms with E-state index < -0.39 is 0 Å². The summed E-state index contributed by atoms with van der Waals surface area (Å²) in [6, 6.07) is 19.4. The Morgan fingerprint density at radius 2 is 1.71 bits per heavy atom. The number of rotatable bonds is 8. The second-order valence-corrected chi connectivity index (χ2v) is 5.50. The lowest BCUT2D eigenvalue weighted by Gasteiger charge is -2.19. The van der Waals surface area contributed by atoms with Crippen molar-refractivity contribution in [1.82, 2.24) is 10.6 Å². The number of carbonyl (C=O) groups excluding carboxylic acids is 1. The number of benzene rings is 2. The molecule has 0 aliphatic heterocycles. The minimum Gasteiger partial charge on any atom is -0.396 e. The standard InChI is InChI=1S/C20H24N2O2/c23-16-8-14-19(18-12-5-2-6-13-18)22-20(24)21-15-7-11-17-9-3-1-4-10-17/h1-7,9-13,19,23H,8,14-16H2,(H2,21,22,24). The van der Waals surface area contributed by atoms with Crippen LogP contribution in [-0.2, 0) is 0 Å². The topological polar surface area (TPSA) is 61.4 Å². The zero-order valence-electron chi connectivity index (χ0n) is 13.7.